The van der Waals surface area contributed by atoms with Crippen molar-refractivity contribution in [3.8, 4) is 11.4 Å². The number of hydrogen-bond acceptors (Lipinski definition) is 7. The lowest BCUT2D eigenvalue weighted by Gasteiger charge is -2.31. The molecule has 33 heavy (non-hydrogen) atoms. The number of hydrogen-bond donors (Lipinski definition) is 1. The molecule has 4 heterocycles. The van der Waals surface area contributed by atoms with Crippen LogP contribution in [0.4, 0.5) is 0 Å². The Balaban J connectivity index is 1.69. The second kappa shape index (κ2) is 7.67. The van der Waals surface area contributed by atoms with Crippen molar-refractivity contribution in [2.75, 3.05) is 6.61 Å². The molecule has 168 valence electrons. The van der Waals surface area contributed by atoms with E-state index in [0.717, 1.165) is 16.5 Å². The van der Waals surface area contributed by atoms with Crippen LogP contribution in [0.5, 0.6) is 0 Å². The number of cyclic esters (lactones) is 1. The zero-order valence-electron chi connectivity index (χ0n) is 18.3. The third kappa shape index (κ3) is 3.17. The van der Waals surface area contributed by atoms with Crippen LogP contribution in [-0.4, -0.2) is 33.2 Å². The van der Waals surface area contributed by atoms with E-state index in [1.807, 2.05) is 24.3 Å². The number of benzene rings is 1. The highest BCUT2D eigenvalue weighted by Gasteiger charge is 2.45. The van der Waals surface area contributed by atoms with E-state index in [4.69, 9.17) is 14.5 Å². The largest absolute Gasteiger partial charge is 0.463 e. The summed E-state index contributed by atoms with van der Waals surface area (Å²) in [6.45, 7) is 3.87. The maximum Gasteiger partial charge on any atom is 0.343 e. The van der Waals surface area contributed by atoms with Crippen LogP contribution >= 0.6 is 0 Å². The van der Waals surface area contributed by atoms with E-state index < -0.39 is 17.5 Å². The molecule has 0 saturated heterocycles. The van der Waals surface area contributed by atoms with Gasteiger partial charge in [0.05, 0.1) is 35.6 Å². The first-order valence-electron chi connectivity index (χ1n) is 10.8. The van der Waals surface area contributed by atoms with Gasteiger partial charge in [-0.05, 0) is 31.6 Å². The lowest BCUT2D eigenvalue weighted by Crippen LogP contribution is -2.44. The second-order valence-electron chi connectivity index (χ2n) is 8.10. The van der Waals surface area contributed by atoms with E-state index in [-0.39, 0.29) is 36.3 Å². The van der Waals surface area contributed by atoms with Crippen LogP contribution in [0.2, 0.25) is 0 Å². The molecule has 0 radical (unpaired) electrons. The Hall–Kier alpha value is -3.78. The molecule has 2 aliphatic rings. The number of carbonyl (C=O) groups excluding carboxylic acids is 2. The minimum Gasteiger partial charge on any atom is -0.463 e. The lowest BCUT2D eigenvalue weighted by molar-refractivity contribution is -0.172. The van der Waals surface area contributed by atoms with Crippen LogP contribution in [0.1, 0.15) is 42.5 Å². The molecule has 2 aromatic heterocycles. The van der Waals surface area contributed by atoms with Crippen LogP contribution < -0.4 is 5.56 Å². The Morgan fingerprint density at radius 2 is 2.12 bits per heavy atom. The summed E-state index contributed by atoms with van der Waals surface area (Å²) in [4.78, 5) is 42.2. The average Bonchev–Trinajstić information content (AvgIpc) is 3.17. The first kappa shape index (κ1) is 21.1. The summed E-state index contributed by atoms with van der Waals surface area (Å²) in [6.07, 6.45) is 3.10. The Kier molecular flexibility index (Phi) is 4.90. The maximum absolute atomic E-state index is 13.3. The molecule has 1 unspecified atom stereocenters. The van der Waals surface area contributed by atoms with Gasteiger partial charge in [0.15, 0.2) is 5.60 Å². The van der Waals surface area contributed by atoms with Crippen molar-refractivity contribution < 1.29 is 24.2 Å². The average molecular weight is 446 g/mol. The summed E-state index contributed by atoms with van der Waals surface area (Å²) in [5.74, 6) is -1.19. The summed E-state index contributed by atoms with van der Waals surface area (Å²) in [6, 6.07) is 9.29. The van der Waals surface area contributed by atoms with Crippen molar-refractivity contribution >= 4 is 28.9 Å². The van der Waals surface area contributed by atoms with Crippen molar-refractivity contribution in [2.24, 2.45) is 0 Å². The zero-order valence-corrected chi connectivity index (χ0v) is 18.3. The highest BCUT2D eigenvalue weighted by molar-refractivity contribution is 5.94. The molecule has 0 saturated carbocycles. The monoisotopic (exact) mass is 446 g/mol. The minimum absolute atomic E-state index is 0.0858. The molecule has 5 rings (SSSR count). The number of nitrogens with zero attached hydrogens (tertiary/aromatic N) is 2. The topological polar surface area (TPSA) is 108 Å². The molecule has 0 amide bonds. The summed E-state index contributed by atoms with van der Waals surface area (Å²) >= 11 is 0. The molecule has 8 nitrogen and oxygen atoms in total. The Bertz CT molecular complexity index is 1420. The fraction of sp³-hybridized carbons (Fsp3) is 0.280. The highest BCUT2D eigenvalue weighted by Crippen LogP contribution is 2.38. The van der Waals surface area contributed by atoms with Crippen molar-refractivity contribution in [1.82, 2.24) is 9.55 Å². The standard InChI is InChI=1S/C25H22N2O6/c1-3-25(31)18-11-19-22-16(12-27(19)23(29)17(18)13-33-24(25)30)10-15-7-5-6-14(21(15)26-22)8-9-20(28)32-4-2/h5-11,31H,3-4,12-13H2,1-2H3/b9-8+. The molecule has 2 aliphatic heterocycles. The normalized spacial score (nSPS) is 18.7. The highest BCUT2D eigenvalue weighted by atomic mass is 16.6. The van der Waals surface area contributed by atoms with E-state index in [2.05, 4.69) is 0 Å². The van der Waals surface area contributed by atoms with Gasteiger partial charge in [-0.1, -0.05) is 25.1 Å². The van der Waals surface area contributed by atoms with E-state index >= 15 is 0 Å². The molecule has 1 aromatic carbocycles. The number of ether oxygens (including phenoxy) is 2. The molecule has 0 bridgehead atoms. The minimum atomic E-state index is -1.87. The van der Waals surface area contributed by atoms with E-state index in [1.54, 1.807) is 30.6 Å². The Morgan fingerprint density at radius 1 is 1.30 bits per heavy atom. The van der Waals surface area contributed by atoms with Crippen molar-refractivity contribution in [3.63, 3.8) is 0 Å². The second-order valence-corrected chi connectivity index (χ2v) is 8.10. The number of esters is 2. The molecule has 1 N–H and O–H groups in total. The summed E-state index contributed by atoms with van der Waals surface area (Å²) in [5, 5.41) is 11.9. The Labute approximate surface area is 189 Å². The first-order chi connectivity index (χ1) is 15.9. The van der Waals surface area contributed by atoms with Gasteiger partial charge in [-0.2, -0.15) is 0 Å². The predicted octanol–water partition coefficient (Wildman–Crippen LogP) is 2.66. The van der Waals surface area contributed by atoms with Crippen molar-refractivity contribution in [2.45, 2.75) is 39.0 Å². The van der Waals surface area contributed by atoms with Gasteiger partial charge in [-0.25, -0.2) is 14.6 Å². The number of rotatable bonds is 4. The lowest BCUT2D eigenvalue weighted by atomic mass is 9.86. The third-order valence-electron chi connectivity index (χ3n) is 6.26. The number of pyridine rings is 2. The van der Waals surface area contributed by atoms with Gasteiger partial charge in [0, 0.05) is 28.2 Å². The molecular formula is C25H22N2O6. The van der Waals surface area contributed by atoms with Crippen LogP contribution in [0.15, 0.2) is 41.2 Å². The Morgan fingerprint density at radius 3 is 2.88 bits per heavy atom. The molecule has 0 aliphatic carbocycles. The van der Waals surface area contributed by atoms with Crippen LogP contribution in [0.25, 0.3) is 28.4 Å². The zero-order chi connectivity index (χ0) is 23.3. The van der Waals surface area contributed by atoms with Gasteiger partial charge in [0.25, 0.3) is 5.56 Å². The SMILES string of the molecule is CCOC(=O)/C=C/c1cccc2cc3c(nc12)-c1cc2c(c(=O)n1C3)COC(=O)C2(O)CC. The molecule has 0 spiro atoms. The molecule has 3 aromatic rings. The number of carbonyl (C=O) groups is 2. The molecule has 8 heteroatoms. The summed E-state index contributed by atoms with van der Waals surface area (Å²) in [5.41, 5.74) is 1.82. The summed E-state index contributed by atoms with van der Waals surface area (Å²) < 4.78 is 11.7. The molecule has 1 atom stereocenters. The van der Waals surface area contributed by atoms with E-state index in [9.17, 15) is 19.5 Å². The van der Waals surface area contributed by atoms with Gasteiger partial charge in [0.2, 0.25) is 0 Å². The van der Waals surface area contributed by atoms with Crippen LogP contribution in [0.3, 0.4) is 0 Å². The number of para-hydroxylation sites is 1. The van der Waals surface area contributed by atoms with Gasteiger partial charge in [-0.3, -0.25) is 4.79 Å². The fourth-order valence-electron chi connectivity index (χ4n) is 4.51. The quantitative estimate of drug-likeness (QED) is 0.379. The first-order valence-corrected chi connectivity index (χ1v) is 10.8. The van der Waals surface area contributed by atoms with Gasteiger partial charge < -0.3 is 19.1 Å². The number of aliphatic hydroxyl groups is 1. The predicted molar refractivity (Wildman–Crippen MR) is 120 cm³/mol. The number of aromatic nitrogens is 2. The van der Waals surface area contributed by atoms with E-state index in [1.165, 1.54) is 6.08 Å². The van der Waals surface area contributed by atoms with Crippen LogP contribution in [0, 0.1) is 0 Å². The maximum atomic E-state index is 13.3. The molecule has 0 fully saturated rings. The van der Waals surface area contributed by atoms with Crippen molar-refractivity contribution in [1.29, 1.82) is 0 Å². The summed E-state index contributed by atoms with van der Waals surface area (Å²) in [7, 11) is 0. The fourth-order valence-corrected chi connectivity index (χ4v) is 4.51. The smallest absolute Gasteiger partial charge is 0.343 e. The van der Waals surface area contributed by atoms with Crippen molar-refractivity contribution in [3.05, 3.63) is 69.0 Å². The van der Waals surface area contributed by atoms with Gasteiger partial charge in [-0.15, -0.1) is 0 Å². The van der Waals surface area contributed by atoms with Gasteiger partial charge in [0.1, 0.15) is 6.61 Å². The number of fused-ring (bicyclic) bond motifs is 5. The van der Waals surface area contributed by atoms with E-state index in [0.29, 0.717) is 23.4 Å². The van der Waals surface area contributed by atoms with Crippen LogP contribution in [-0.2, 0) is 37.8 Å². The molecular weight excluding hydrogens is 424 g/mol. The third-order valence-corrected chi connectivity index (χ3v) is 6.26. The van der Waals surface area contributed by atoms with Gasteiger partial charge >= 0.3 is 11.9 Å².